The number of hydrogen-bond acceptors (Lipinski definition) is 4. The first-order chi connectivity index (χ1) is 11.9. The van der Waals surface area contributed by atoms with E-state index in [4.69, 9.17) is 4.74 Å². The van der Waals surface area contributed by atoms with E-state index in [1.54, 1.807) is 0 Å². The smallest absolute Gasteiger partial charge is 0.306 e. The summed E-state index contributed by atoms with van der Waals surface area (Å²) in [4.78, 5) is 12.2. The van der Waals surface area contributed by atoms with Crippen molar-refractivity contribution in [3.8, 4) is 0 Å². The van der Waals surface area contributed by atoms with Crippen LogP contribution in [0, 0.1) is 11.8 Å². The lowest BCUT2D eigenvalue weighted by Gasteiger charge is -2.28. The molecule has 0 saturated heterocycles. The maximum atomic E-state index is 12.2. The first kappa shape index (κ1) is 20.2. The van der Waals surface area contributed by atoms with Gasteiger partial charge in [0.25, 0.3) is 0 Å². The lowest BCUT2D eigenvalue weighted by molar-refractivity contribution is -0.154. The molecule has 142 valence electrons. The Hall–Kier alpha value is -1.13. The van der Waals surface area contributed by atoms with E-state index in [-0.39, 0.29) is 17.8 Å². The Morgan fingerprint density at radius 3 is 2.80 bits per heavy atom. The van der Waals surface area contributed by atoms with Crippen LogP contribution >= 0.6 is 0 Å². The van der Waals surface area contributed by atoms with Crippen molar-refractivity contribution >= 4 is 5.97 Å². The third kappa shape index (κ3) is 5.96. The number of ether oxygens (including phenoxy) is 1. The van der Waals surface area contributed by atoms with Crippen LogP contribution in [0.5, 0.6) is 0 Å². The molecule has 0 spiro atoms. The van der Waals surface area contributed by atoms with Crippen molar-refractivity contribution in [2.24, 2.45) is 11.8 Å². The minimum atomic E-state index is -0.633. The van der Waals surface area contributed by atoms with E-state index < -0.39 is 17.8 Å². The Kier molecular flexibility index (Phi) is 7.70. The van der Waals surface area contributed by atoms with Crippen molar-refractivity contribution < 1.29 is 19.7 Å². The third-order valence-corrected chi connectivity index (χ3v) is 5.54. The zero-order valence-electron chi connectivity index (χ0n) is 15.7. The first-order valence-electron chi connectivity index (χ1n) is 9.87. The Morgan fingerprint density at radius 1 is 1.24 bits per heavy atom. The predicted molar refractivity (Wildman–Crippen MR) is 99.0 cm³/mol. The second-order valence-corrected chi connectivity index (χ2v) is 7.81. The van der Waals surface area contributed by atoms with Gasteiger partial charge in [-0.1, -0.05) is 38.0 Å². The van der Waals surface area contributed by atoms with Gasteiger partial charge in [-0.15, -0.1) is 0 Å². The number of hydrogen-bond donors (Lipinski definition) is 2. The number of allylic oxidation sites excluding steroid dienone is 2. The summed E-state index contributed by atoms with van der Waals surface area (Å²) in [5.74, 6) is -0.219. The van der Waals surface area contributed by atoms with Gasteiger partial charge in [0.2, 0.25) is 0 Å². The minimum Gasteiger partial charge on any atom is -0.455 e. The van der Waals surface area contributed by atoms with Crippen molar-refractivity contribution in [2.45, 2.75) is 89.4 Å². The molecule has 0 radical (unpaired) electrons. The van der Waals surface area contributed by atoms with E-state index in [9.17, 15) is 15.0 Å². The molecule has 2 N–H and O–H groups in total. The van der Waals surface area contributed by atoms with Gasteiger partial charge < -0.3 is 14.9 Å². The Bertz CT molecular complexity index is 484. The molecular weight excluding hydrogens is 316 g/mol. The molecule has 1 saturated carbocycles. The van der Waals surface area contributed by atoms with Crippen LogP contribution in [-0.4, -0.2) is 34.0 Å². The van der Waals surface area contributed by atoms with Gasteiger partial charge in [-0.2, -0.15) is 0 Å². The fourth-order valence-corrected chi connectivity index (χ4v) is 3.96. The van der Waals surface area contributed by atoms with Crippen molar-refractivity contribution in [3.05, 3.63) is 24.3 Å². The monoisotopic (exact) mass is 350 g/mol. The number of fused-ring (bicyclic) bond motifs is 1. The van der Waals surface area contributed by atoms with Gasteiger partial charge in [-0.05, 0) is 51.0 Å². The van der Waals surface area contributed by atoms with Crippen molar-refractivity contribution in [1.29, 1.82) is 0 Å². The SMILES string of the molecule is CCCCC[C@@]1(C)/C=C/[C@@H]2[C@@H](C/C=C\CCCC(=O)O1)[C@@H](O)C[C@H]2O. The van der Waals surface area contributed by atoms with E-state index in [0.717, 1.165) is 44.9 Å². The van der Waals surface area contributed by atoms with Crippen molar-refractivity contribution in [1.82, 2.24) is 0 Å². The summed E-state index contributed by atoms with van der Waals surface area (Å²) >= 11 is 0. The molecule has 1 aliphatic carbocycles. The second-order valence-electron chi connectivity index (χ2n) is 7.81. The second kappa shape index (κ2) is 9.54. The van der Waals surface area contributed by atoms with Crippen LogP contribution in [-0.2, 0) is 9.53 Å². The molecule has 5 atom stereocenters. The number of rotatable bonds is 4. The van der Waals surface area contributed by atoms with Crippen LogP contribution in [0.25, 0.3) is 0 Å². The zero-order valence-corrected chi connectivity index (χ0v) is 15.7. The summed E-state index contributed by atoms with van der Waals surface area (Å²) in [6.07, 6.45) is 14.3. The summed E-state index contributed by atoms with van der Waals surface area (Å²) in [7, 11) is 0. The lowest BCUT2D eigenvalue weighted by Crippen LogP contribution is -2.30. The molecule has 0 aromatic rings. The minimum absolute atomic E-state index is 0.0267. The quantitative estimate of drug-likeness (QED) is 0.458. The zero-order chi connectivity index (χ0) is 18.3. The maximum absolute atomic E-state index is 12.2. The topological polar surface area (TPSA) is 66.8 Å². The van der Waals surface area contributed by atoms with Gasteiger partial charge in [-0.25, -0.2) is 0 Å². The summed E-state index contributed by atoms with van der Waals surface area (Å²) in [5.41, 5.74) is -0.633. The summed E-state index contributed by atoms with van der Waals surface area (Å²) < 4.78 is 5.81. The highest BCUT2D eigenvalue weighted by Gasteiger charge is 2.40. The number of carbonyl (C=O) groups is 1. The van der Waals surface area contributed by atoms with Gasteiger partial charge in [0, 0.05) is 18.8 Å². The average molecular weight is 350 g/mol. The van der Waals surface area contributed by atoms with Crippen LogP contribution in [0.15, 0.2) is 24.3 Å². The molecule has 1 fully saturated rings. The maximum Gasteiger partial charge on any atom is 0.306 e. The van der Waals surface area contributed by atoms with Crippen molar-refractivity contribution in [3.63, 3.8) is 0 Å². The number of cyclic esters (lactones) is 1. The van der Waals surface area contributed by atoms with E-state index in [0.29, 0.717) is 12.8 Å². The van der Waals surface area contributed by atoms with E-state index in [1.807, 2.05) is 19.1 Å². The van der Waals surface area contributed by atoms with E-state index in [1.165, 1.54) is 0 Å². The van der Waals surface area contributed by atoms with Crippen LogP contribution in [0.2, 0.25) is 0 Å². The molecule has 0 unspecified atom stereocenters. The molecule has 4 heteroatoms. The van der Waals surface area contributed by atoms with E-state index in [2.05, 4.69) is 19.1 Å². The first-order valence-corrected chi connectivity index (χ1v) is 9.87. The highest BCUT2D eigenvalue weighted by molar-refractivity contribution is 5.70. The molecule has 0 aromatic heterocycles. The third-order valence-electron chi connectivity index (χ3n) is 5.54. The summed E-state index contributed by atoms with van der Waals surface area (Å²) in [6, 6.07) is 0. The highest BCUT2D eigenvalue weighted by atomic mass is 16.6. The largest absolute Gasteiger partial charge is 0.455 e. The molecule has 2 aliphatic rings. The van der Waals surface area contributed by atoms with Crippen molar-refractivity contribution in [2.75, 3.05) is 0 Å². The van der Waals surface area contributed by atoms with Gasteiger partial charge in [0.15, 0.2) is 0 Å². The summed E-state index contributed by atoms with van der Waals surface area (Å²) in [5, 5.41) is 20.6. The molecule has 0 bridgehead atoms. The van der Waals surface area contributed by atoms with Gasteiger partial charge in [0.05, 0.1) is 12.2 Å². The number of unbranched alkanes of at least 4 members (excludes halogenated alkanes) is 2. The highest BCUT2D eigenvalue weighted by Crippen LogP contribution is 2.37. The Morgan fingerprint density at radius 2 is 2.04 bits per heavy atom. The van der Waals surface area contributed by atoms with Crippen LogP contribution in [0.1, 0.15) is 71.6 Å². The van der Waals surface area contributed by atoms with Crippen LogP contribution in [0.3, 0.4) is 0 Å². The fourth-order valence-electron chi connectivity index (χ4n) is 3.96. The number of esters is 1. The van der Waals surface area contributed by atoms with Gasteiger partial charge >= 0.3 is 5.97 Å². The van der Waals surface area contributed by atoms with Crippen LogP contribution in [0.4, 0.5) is 0 Å². The predicted octanol–water partition coefficient (Wildman–Crippen LogP) is 3.91. The molecule has 0 amide bonds. The molecule has 1 heterocycles. The molecule has 0 aromatic carbocycles. The number of aliphatic hydroxyl groups is 2. The fraction of sp³-hybridized carbons (Fsp3) is 0.762. The summed E-state index contributed by atoms with van der Waals surface area (Å²) in [6.45, 7) is 4.12. The normalized spacial score (nSPS) is 39.4. The molecule has 1 aliphatic heterocycles. The number of carbonyl (C=O) groups excluding carboxylic acids is 1. The Balaban J connectivity index is 2.20. The van der Waals surface area contributed by atoms with E-state index >= 15 is 0 Å². The number of aliphatic hydroxyl groups excluding tert-OH is 2. The average Bonchev–Trinajstić information content (AvgIpc) is 2.82. The molecule has 2 rings (SSSR count). The van der Waals surface area contributed by atoms with Gasteiger partial charge in [0.1, 0.15) is 5.60 Å². The molecule has 25 heavy (non-hydrogen) atoms. The van der Waals surface area contributed by atoms with Gasteiger partial charge in [-0.3, -0.25) is 4.79 Å². The standard InChI is InChI=1S/C21H34O4/c1-3-4-9-13-21(2)14-12-17-16(18(22)15-19(17)23)10-7-5-6-8-11-20(24)25-21/h5,7,12,14,16-19,22-23H,3-4,6,8-11,13,15H2,1-2H3/b7-5-,14-12+/t16-,17-,18+,19-,21+/m1/s1. The lowest BCUT2D eigenvalue weighted by atomic mass is 9.87. The Labute approximate surface area is 152 Å². The molecular formula is C21H34O4. The molecule has 4 nitrogen and oxygen atoms in total. The van der Waals surface area contributed by atoms with Crippen LogP contribution < -0.4 is 0 Å².